The molecule has 0 aromatic heterocycles. The smallest absolute Gasteiger partial charge is 1.00 e. The van der Waals surface area contributed by atoms with E-state index in [9.17, 15) is 19.5 Å². The van der Waals surface area contributed by atoms with Gasteiger partial charge in [-0.15, -0.1) is 0 Å². The molecule has 0 aromatic carbocycles. The third kappa shape index (κ3) is 21.6. The minimum Gasteiger partial charge on any atom is -1.00 e. The van der Waals surface area contributed by atoms with Gasteiger partial charge >= 0.3 is 107 Å². The molecule has 0 atom stereocenters. The average Bonchev–Trinajstić information content (AvgIpc) is 1.97. The molecule has 0 amide bonds. The maximum Gasteiger partial charge on any atom is 1.00 e. The summed E-state index contributed by atoms with van der Waals surface area (Å²) in [7, 11) is 0. The molecule has 8 N–H and O–H groups in total. The van der Waals surface area contributed by atoms with Gasteiger partial charge in [0.2, 0.25) is 0 Å². The van der Waals surface area contributed by atoms with Crippen LogP contribution in [0.3, 0.4) is 0 Å². The Morgan fingerprint density at radius 3 is 1.30 bits per heavy atom. The summed E-state index contributed by atoms with van der Waals surface area (Å²) in [5.74, 6) is -3.96. The molecule has 0 aliphatic heterocycles. The summed E-state index contributed by atoms with van der Waals surface area (Å²) in [6.07, 6.45) is -2.45. The standard InChI is InChI=1S/C8H12O7.3Na.2H2O.3H/c9-5(10)1-2-8(15,3-6(11)12)4-7(13)14;;;;;;;;/h15H,1-4H2,(H,9,10)(H,11,12)(H,13,14);;;;2*1H2;;;/q;3*+1;;;3*-1. The van der Waals surface area contributed by atoms with Crippen LogP contribution in [0.25, 0.3) is 0 Å². The fraction of sp³-hybridized carbons (Fsp3) is 0.625. The number of carbonyl (C=O) groups is 3. The van der Waals surface area contributed by atoms with Crippen molar-refractivity contribution in [1.29, 1.82) is 0 Å². The molecule has 0 aliphatic rings. The van der Waals surface area contributed by atoms with Gasteiger partial charge in [-0.1, -0.05) is 0 Å². The summed E-state index contributed by atoms with van der Waals surface area (Å²) in [4.78, 5) is 30.9. The van der Waals surface area contributed by atoms with E-state index in [1.165, 1.54) is 0 Å². The number of carboxylic acids is 3. The largest absolute Gasteiger partial charge is 1.00 e. The van der Waals surface area contributed by atoms with Crippen LogP contribution >= 0.6 is 0 Å². The van der Waals surface area contributed by atoms with E-state index in [1.807, 2.05) is 0 Å². The van der Waals surface area contributed by atoms with E-state index >= 15 is 0 Å². The van der Waals surface area contributed by atoms with Crippen LogP contribution in [0, 0.1) is 0 Å². The van der Waals surface area contributed by atoms with Crippen LogP contribution in [0.4, 0.5) is 0 Å². The monoisotopic (exact) mass is 328 g/mol. The molecule has 0 saturated heterocycles. The molecule has 0 heterocycles. The van der Waals surface area contributed by atoms with Crippen LogP contribution in [0.5, 0.6) is 0 Å². The predicted octanol–water partition coefficient (Wildman–Crippen LogP) is -10.8. The molecular weight excluding hydrogens is 309 g/mol. The molecule has 12 heteroatoms. The van der Waals surface area contributed by atoms with Crippen LogP contribution in [-0.2, 0) is 14.4 Å². The number of carboxylic acid groups (broad SMARTS) is 3. The average molecular weight is 328 g/mol. The van der Waals surface area contributed by atoms with Gasteiger partial charge in [0.25, 0.3) is 0 Å². The maximum absolute atomic E-state index is 10.3. The summed E-state index contributed by atoms with van der Waals surface area (Å²) in [5.41, 5.74) is -2.00. The van der Waals surface area contributed by atoms with Crippen molar-refractivity contribution in [3.05, 3.63) is 0 Å². The Balaban J connectivity index is -0.0000000350. The van der Waals surface area contributed by atoms with Gasteiger partial charge in [0.1, 0.15) is 0 Å². The van der Waals surface area contributed by atoms with Gasteiger partial charge in [-0.2, -0.15) is 0 Å². The molecule has 0 unspecified atom stereocenters. The van der Waals surface area contributed by atoms with E-state index in [1.54, 1.807) is 0 Å². The predicted molar refractivity (Wildman–Crippen MR) is 56.9 cm³/mol. The molecular formula is C8H19Na3O9. The first kappa shape index (κ1) is 37.5. The molecule has 108 valence electrons. The van der Waals surface area contributed by atoms with Crippen LogP contribution < -0.4 is 88.7 Å². The van der Waals surface area contributed by atoms with Gasteiger partial charge in [0, 0.05) is 6.42 Å². The van der Waals surface area contributed by atoms with E-state index in [-0.39, 0.29) is 104 Å². The molecule has 0 saturated carbocycles. The van der Waals surface area contributed by atoms with Crippen molar-refractivity contribution < 1.29 is 139 Å². The summed E-state index contributed by atoms with van der Waals surface area (Å²) in [6.45, 7) is 0. The number of rotatable bonds is 7. The zero-order valence-electron chi connectivity index (χ0n) is 14.8. The van der Waals surface area contributed by atoms with Gasteiger partial charge in [0.05, 0.1) is 18.4 Å². The molecule has 9 nitrogen and oxygen atoms in total. The Morgan fingerprint density at radius 1 is 0.800 bits per heavy atom. The first-order chi connectivity index (χ1) is 6.75. The van der Waals surface area contributed by atoms with Gasteiger partial charge in [0.15, 0.2) is 0 Å². The third-order valence-corrected chi connectivity index (χ3v) is 1.76. The maximum atomic E-state index is 10.3. The second-order valence-corrected chi connectivity index (χ2v) is 3.26. The van der Waals surface area contributed by atoms with Crippen molar-refractivity contribution in [3.63, 3.8) is 0 Å². The van der Waals surface area contributed by atoms with Gasteiger partial charge in [-0.25, -0.2) is 0 Å². The quantitative estimate of drug-likeness (QED) is 0.333. The minimum atomic E-state index is -2.00. The molecule has 0 bridgehead atoms. The Hall–Kier alpha value is 1.29. The van der Waals surface area contributed by atoms with E-state index < -0.39 is 49.2 Å². The summed E-state index contributed by atoms with van der Waals surface area (Å²) in [6, 6.07) is 0. The number of hydrogen-bond acceptors (Lipinski definition) is 4. The first-order valence-electron chi connectivity index (χ1n) is 4.13. The van der Waals surface area contributed by atoms with E-state index in [0.29, 0.717) is 0 Å². The van der Waals surface area contributed by atoms with Crippen LogP contribution in [0.2, 0.25) is 0 Å². The van der Waals surface area contributed by atoms with Crippen molar-refractivity contribution in [1.82, 2.24) is 0 Å². The third-order valence-electron chi connectivity index (χ3n) is 1.76. The zero-order chi connectivity index (χ0) is 12.1. The minimum absolute atomic E-state index is 0. The van der Waals surface area contributed by atoms with Crippen molar-refractivity contribution in [3.8, 4) is 0 Å². The Bertz CT molecular complexity index is 281. The SMILES string of the molecule is O.O.O=C(O)CCC(O)(CC(=O)O)CC(=O)O.[H-].[H-].[H-].[Na+].[Na+].[Na+]. The Kier molecular flexibility index (Phi) is 34.4. The van der Waals surface area contributed by atoms with Gasteiger partial charge in [-0.05, 0) is 6.42 Å². The van der Waals surface area contributed by atoms with Crippen molar-refractivity contribution in [2.45, 2.75) is 31.3 Å². The first-order valence-corrected chi connectivity index (χ1v) is 4.13. The molecule has 20 heavy (non-hydrogen) atoms. The fourth-order valence-corrected chi connectivity index (χ4v) is 1.14. The van der Waals surface area contributed by atoms with E-state index in [2.05, 4.69) is 0 Å². The van der Waals surface area contributed by atoms with Crippen molar-refractivity contribution in [2.24, 2.45) is 0 Å². The summed E-state index contributed by atoms with van der Waals surface area (Å²) >= 11 is 0. The molecule has 0 aliphatic carbocycles. The van der Waals surface area contributed by atoms with Crippen LogP contribution in [0.15, 0.2) is 0 Å². The fourth-order valence-electron chi connectivity index (χ4n) is 1.14. The molecule has 0 aromatic rings. The van der Waals surface area contributed by atoms with Crippen LogP contribution in [-0.4, -0.2) is 54.9 Å². The second kappa shape index (κ2) is 18.3. The normalized spacial score (nSPS) is 8.25. The van der Waals surface area contributed by atoms with Gasteiger partial charge < -0.3 is 35.7 Å². The number of hydrogen-bond donors (Lipinski definition) is 4. The number of aliphatic hydroxyl groups is 1. The summed E-state index contributed by atoms with van der Waals surface area (Å²) < 4.78 is 0. The second-order valence-electron chi connectivity index (χ2n) is 3.26. The molecule has 0 fully saturated rings. The van der Waals surface area contributed by atoms with E-state index in [4.69, 9.17) is 15.3 Å². The number of aliphatic carboxylic acids is 3. The van der Waals surface area contributed by atoms with Crippen molar-refractivity contribution in [2.75, 3.05) is 0 Å². The summed E-state index contributed by atoms with van der Waals surface area (Å²) in [5, 5.41) is 34.8. The Labute approximate surface area is 186 Å². The van der Waals surface area contributed by atoms with E-state index in [0.717, 1.165) is 0 Å². The molecule has 0 radical (unpaired) electrons. The van der Waals surface area contributed by atoms with Gasteiger partial charge in [-0.3, -0.25) is 14.4 Å². The van der Waals surface area contributed by atoms with Crippen molar-refractivity contribution >= 4 is 17.9 Å². The Morgan fingerprint density at radius 2 is 1.10 bits per heavy atom. The van der Waals surface area contributed by atoms with Crippen LogP contribution in [0.1, 0.15) is 30.0 Å². The zero-order valence-corrected chi connectivity index (χ0v) is 17.8. The topological polar surface area (TPSA) is 195 Å². The molecule has 0 rings (SSSR count). The molecule has 0 spiro atoms.